The van der Waals surface area contributed by atoms with Gasteiger partial charge in [0.2, 0.25) is 0 Å². The van der Waals surface area contributed by atoms with Crippen LogP contribution in [0.4, 0.5) is 0 Å². The van der Waals surface area contributed by atoms with E-state index >= 15 is 0 Å². The van der Waals surface area contributed by atoms with Crippen LogP contribution in [0.15, 0.2) is 23.5 Å². The minimum Gasteiger partial charge on any atom is -0.513 e. The Hall–Kier alpha value is -0.720. The molecule has 1 N–H and O–H groups in total. The number of hydrogen-bond acceptors (Lipinski definition) is 1. The van der Waals surface area contributed by atoms with Gasteiger partial charge in [-0.3, -0.25) is 0 Å². The summed E-state index contributed by atoms with van der Waals surface area (Å²) in [5, 5.41) is 9.17. The molecule has 1 rings (SSSR count). The Morgan fingerprint density at radius 2 is 2.25 bits per heavy atom. The molecule has 0 aromatic rings. The first kappa shape index (κ1) is 9.37. The van der Waals surface area contributed by atoms with Crippen molar-refractivity contribution in [3.63, 3.8) is 0 Å². The van der Waals surface area contributed by atoms with Gasteiger partial charge in [-0.05, 0) is 37.7 Å². The molecule has 0 bridgehead atoms. The third-order valence-electron chi connectivity index (χ3n) is 3.06. The summed E-state index contributed by atoms with van der Waals surface area (Å²) < 4.78 is 0. The molecule has 12 heavy (non-hydrogen) atoms. The molecule has 0 heterocycles. The van der Waals surface area contributed by atoms with Crippen molar-refractivity contribution in [1.82, 2.24) is 0 Å². The van der Waals surface area contributed by atoms with E-state index in [2.05, 4.69) is 26.8 Å². The lowest BCUT2D eigenvalue weighted by atomic mass is 9.77. The first-order chi connectivity index (χ1) is 5.44. The zero-order valence-corrected chi connectivity index (χ0v) is 8.39. The molecule has 0 aliphatic heterocycles. The van der Waals surface area contributed by atoms with Gasteiger partial charge in [-0.2, -0.15) is 0 Å². The second-order valence-corrected chi connectivity index (χ2v) is 4.26. The first-order valence-electron chi connectivity index (χ1n) is 4.49. The SMILES string of the molecule is CC1=CCC(/C=C(\C)O)C1(C)C. The third kappa shape index (κ3) is 1.55. The monoisotopic (exact) mass is 166 g/mol. The summed E-state index contributed by atoms with van der Waals surface area (Å²) in [6.07, 6.45) is 5.30. The standard InChI is InChI=1S/C11H18O/c1-8-5-6-10(7-9(2)12)11(8,3)4/h5,7,10,12H,6H2,1-4H3/b9-7+. The molecule has 1 atom stereocenters. The van der Waals surface area contributed by atoms with Crippen LogP contribution >= 0.6 is 0 Å². The molecular weight excluding hydrogens is 148 g/mol. The predicted molar refractivity (Wildman–Crippen MR) is 52.0 cm³/mol. The second-order valence-electron chi connectivity index (χ2n) is 4.26. The highest BCUT2D eigenvalue weighted by molar-refractivity contribution is 5.22. The fourth-order valence-electron chi connectivity index (χ4n) is 1.72. The van der Waals surface area contributed by atoms with Crippen LogP contribution in [-0.2, 0) is 0 Å². The van der Waals surface area contributed by atoms with E-state index in [1.165, 1.54) is 5.57 Å². The van der Waals surface area contributed by atoms with Gasteiger partial charge in [0.15, 0.2) is 0 Å². The second kappa shape index (κ2) is 2.96. The Bertz CT molecular complexity index is 229. The highest BCUT2D eigenvalue weighted by Gasteiger charge is 2.33. The van der Waals surface area contributed by atoms with E-state index in [0.29, 0.717) is 11.7 Å². The van der Waals surface area contributed by atoms with Gasteiger partial charge in [-0.1, -0.05) is 25.5 Å². The number of allylic oxidation sites excluding steroid dienone is 4. The molecule has 1 aliphatic rings. The maximum Gasteiger partial charge on any atom is 0.0855 e. The highest BCUT2D eigenvalue weighted by Crippen LogP contribution is 2.43. The molecule has 0 amide bonds. The smallest absolute Gasteiger partial charge is 0.0855 e. The predicted octanol–water partition coefficient (Wildman–Crippen LogP) is 3.44. The van der Waals surface area contributed by atoms with Crippen LogP contribution in [0.25, 0.3) is 0 Å². The van der Waals surface area contributed by atoms with Crippen LogP contribution in [0.3, 0.4) is 0 Å². The lowest BCUT2D eigenvalue weighted by Gasteiger charge is -2.27. The normalized spacial score (nSPS) is 28.8. The van der Waals surface area contributed by atoms with Crippen LogP contribution in [0.1, 0.15) is 34.1 Å². The van der Waals surface area contributed by atoms with Crippen LogP contribution in [0.2, 0.25) is 0 Å². The topological polar surface area (TPSA) is 20.2 Å². The molecule has 1 unspecified atom stereocenters. The first-order valence-corrected chi connectivity index (χ1v) is 4.49. The summed E-state index contributed by atoms with van der Waals surface area (Å²) in [6.45, 7) is 8.37. The molecule has 0 radical (unpaired) electrons. The zero-order chi connectivity index (χ0) is 9.35. The minimum absolute atomic E-state index is 0.226. The molecule has 0 saturated carbocycles. The lowest BCUT2D eigenvalue weighted by Crippen LogP contribution is -2.18. The van der Waals surface area contributed by atoms with Crippen molar-refractivity contribution in [1.29, 1.82) is 0 Å². The maximum atomic E-state index is 9.17. The summed E-state index contributed by atoms with van der Waals surface area (Å²) in [5.41, 5.74) is 1.66. The van der Waals surface area contributed by atoms with Crippen LogP contribution in [0.5, 0.6) is 0 Å². The number of aliphatic hydroxyl groups excluding tert-OH is 1. The van der Waals surface area contributed by atoms with Gasteiger partial charge in [0, 0.05) is 0 Å². The average molecular weight is 166 g/mol. The Labute approximate surface area is 74.8 Å². The van der Waals surface area contributed by atoms with Crippen molar-refractivity contribution in [2.75, 3.05) is 0 Å². The Balaban J connectivity index is 2.81. The van der Waals surface area contributed by atoms with Gasteiger partial charge in [-0.25, -0.2) is 0 Å². The van der Waals surface area contributed by atoms with Gasteiger partial charge in [0.25, 0.3) is 0 Å². The fraction of sp³-hybridized carbons (Fsp3) is 0.636. The molecule has 1 aliphatic carbocycles. The van der Waals surface area contributed by atoms with E-state index in [0.717, 1.165) is 6.42 Å². The van der Waals surface area contributed by atoms with Crippen molar-refractivity contribution in [2.45, 2.75) is 34.1 Å². The van der Waals surface area contributed by atoms with Crippen molar-refractivity contribution < 1.29 is 5.11 Å². The lowest BCUT2D eigenvalue weighted by molar-refractivity contribution is 0.332. The van der Waals surface area contributed by atoms with E-state index in [9.17, 15) is 0 Å². The Kier molecular flexibility index (Phi) is 2.31. The number of rotatable bonds is 1. The van der Waals surface area contributed by atoms with E-state index in [-0.39, 0.29) is 5.41 Å². The Morgan fingerprint density at radius 3 is 2.58 bits per heavy atom. The molecule has 0 fully saturated rings. The van der Waals surface area contributed by atoms with E-state index in [1.54, 1.807) is 6.92 Å². The van der Waals surface area contributed by atoms with Crippen molar-refractivity contribution >= 4 is 0 Å². The van der Waals surface area contributed by atoms with E-state index in [1.807, 2.05) is 6.08 Å². The quantitative estimate of drug-likeness (QED) is 0.467. The van der Waals surface area contributed by atoms with E-state index < -0.39 is 0 Å². The van der Waals surface area contributed by atoms with Crippen LogP contribution in [-0.4, -0.2) is 5.11 Å². The van der Waals surface area contributed by atoms with Gasteiger partial charge < -0.3 is 5.11 Å². The van der Waals surface area contributed by atoms with Crippen molar-refractivity contribution in [3.05, 3.63) is 23.5 Å². The highest BCUT2D eigenvalue weighted by atomic mass is 16.3. The van der Waals surface area contributed by atoms with Crippen LogP contribution < -0.4 is 0 Å². The van der Waals surface area contributed by atoms with Gasteiger partial charge in [0.05, 0.1) is 5.76 Å². The Morgan fingerprint density at radius 1 is 1.67 bits per heavy atom. The number of aliphatic hydroxyl groups is 1. The van der Waals surface area contributed by atoms with Gasteiger partial charge >= 0.3 is 0 Å². The largest absolute Gasteiger partial charge is 0.513 e. The van der Waals surface area contributed by atoms with Crippen molar-refractivity contribution in [2.24, 2.45) is 11.3 Å². The summed E-state index contributed by atoms with van der Waals surface area (Å²) in [5.74, 6) is 0.915. The summed E-state index contributed by atoms with van der Waals surface area (Å²) >= 11 is 0. The van der Waals surface area contributed by atoms with Gasteiger partial charge in [-0.15, -0.1) is 0 Å². The molecule has 0 spiro atoms. The molecule has 0 aromatic carbocycles. The van der Waals surface area contributed by atoms with E-state index in [4.69, 9.17) is 5.11 Å². The summed E-state index contributed by atoms with van der Waals surface area (Å²) in [7, 11) is 0. The van der Waals surface area contributed by atoms with Crippen molar-refractivity contribution in [3.8, 4) is 0 Å². The number of hydrogen-bond donors (Lipinski definition) is 1. The maximum absolute atomic E-state index is 9.17. The molecule has 1 heteroatoms. The molecule has 0 saturated heterocycles. The third-order valence-corrected chi connectivity index (χ3v) is 3.06. The molecule has 0 aromatic heterocycles. The average Bonchev–Trinajstić information content (AvgIpc) is 2.15. The molecular formula is C11H18O. The summed E-state index contributed by atoms with van der Waals surface area (Å²) in [6, 6.07) is 0. The molecule has 1 nitrogen and oxygen atoms in total. The van der Waals surface area contributed by atoms with Gasteiger partial charge in [0.1, 0.15) is 0 Å². The molecule has 68 valence electrons. The zero-order valence-electron chi connectivity index (χ0n) is 8.39. The van der Waals surface area contributed by atoms with Crippen LogP contribution in [0, 0.1) is 11.3 Å². The minimum atomic E-state index is 0.226. The summed E-state index contributed by atoms with van der Waals surface area (Å²) in [4.78, 5) is 0. The fourth-order valence-corrected chi connectivity index (χ4v) is 1.72.